The van der Waals surface area contributed by atoms with E-state index in [0.29, 0.717) is 12.0 Å². The maximum absolute atomic E-state index is 12.0. The monoisotopic (exact) mass is 279 g/mol. The Hall–Kier alpha value is -1.31. The maximum Gasteiger partial charge on any atom is 0.252 e. The number of aliphatic hydroxyl groups is 1. The molecular formula is C15H21NO2S. The summed E-state index contributed by atoms with van der Waals surface area (Å²) in [6.45, 7) is 4.27. The van der Waals surface area contributed by atoms with Crippen molar-refractivity contribution >= 4 is 17.2 Å². The number of carbonyl (C=O) groups is 1. The van der Waals surface area contributed by atoms with E-state index in [9.17, 15) is 4.79 Å². The van der Waals surface area contributed by atoms with Crippen molar-refractivity contribution < 1.29 is 9.90 Å². The van der Waals surface area contributed by atoms with Gasteiger partial charge in [-0.1, -0.05) is 32.1 Å². The second-order valence-electron chi connectivity index (χ2n) is 4.34. The quantitative estimate of drug-likeness (QED) is 0.787. The Morgan fingerprint density at radius 3 is 2.95 bits per heavy atom. The van der Waals surface area contributed by atoms with Gasteiger partial charge >= 0.3 is 0 Å². The van der Waals surface area contributed by atoms with Crippen molar-refractivity contribution in [2.24, 2.45) is 0 Å². The average Bonchev–Trinajstić information content (AvgIpc) is 2.87. The normalized spacial score (nSPS) is 11.5. The summed E-state index contributed by atoms with van der Waals surface area (Å²) >= 11 is 1.46. The molecule has 1 aromatic rings. The van der Waals surface area contributed by atoms with Crippen LogP contribution in [-0.4, -0.2) is 23.7 Å². The lowest BCUT2D eigenvalue weighted by Crippen LogP contribution is -2.33. The van der Waals surface area contributed by atoms with Crippen LogP contribution in [0.5, 0.6) is 0 Å². The molecule has 0 saturated heterocycles. The molecule has 1 aromatic heterocycles. The molecule has 1 heterocycles. The molecule has 0 radical (unpaired) electrons. The third-order valence-electron chi connectivity index (χ3n) is 2.78. The number of hydrogen-bond donors (Lipinski definition) is 2. The highest BCUT2D eigenvalue weighted by Crippen LogP contribution is 2.14. The van der Waals surface area contributed by atoms with E-state index in [0.717, 1.165) is 24.1 Å². The van der Waals surface area contributed by atoms with Crippen molar-refractivity contribution in [3.8, 4) is 11.8 Å². The summed E-state index contributed by atoms with van der Waals surface area (Å²) in [5.41, 5.74) is 0.674. The van der Waals surface area contributed by atoms with Crippen LogP contribution in [0.15, 0.2) is 11.4 Å². The summed E-state index contributed by atoms with van der Waals surface area (Å²) in [6, 6.07) is 2.06. The SMILES string of the molecule is CCCC(CC)NC(=O)c1csc(C#CCCO)c1. The molecule has 2 N–H and O–H groups in total. The lowest BCUT2D eigenvalue weighted by Gasteiger charge is -2.15. The smallest absolute Gasteiger partial charge is 0.252 e. The molecule has 0 fully saturated rings. The van der Waals surface area contributed by atoms with E-state index in [4.69, 9.17) is 5.11 Å². The first-order valence-electron chi connectivity index (χ1n) is 6.70. The van der Waals surface area contributed by atoms with E-state index in [1.165, 1.54) is 11.3 Å². The molecule has 1 amide bonds. The Morgan fingerprint density at radius 1 is 1.53 bits per heavy atom. The zero-order valence-electron chi connectivity index (χ0n) is 11.5. The van der Waals surface area contributed by atoms with Crippen LogP contribution in [0.25, 0.3) is 0 Å². The second-order valence-corrected chi connectivity index (χ2v) is 5.25. The van der Waals surface area contributed by atoms with Crippen LogP contribution in [0.3, 0.4) is 0 Å². The van der Waals surface area contributed by atoms with E-state index in [-0.39, 0.29) is 18.6 Å². The number of carbonyl (C=O) groups excluding carboxylic acids is 1. The van der Waals surface area contributed by atoms with E-state index in [1.54, 1.807) is 0 Å². The first-order chi connectivity index (χ1) is 9.21. The lowest BCUT2D eigenvalue weighted by molar-refractivity contribution is 0.0934. The first-order valence-corrected chi connectivity index (χ1v) is 7.58. The molecule has 1 atom stereocenters. The van der Waals surface area contributed by atoms with Gasteiger partial charge in [0, 0.05) is 17.8 Å². The minimum absolute atomic E-state index is 0.0215. The predicted octanol–water partition coefficient (Wildman–Crippen LogP) is 2.79. The van der Waals surface area contributed by atoms with Crippen LogP contribution in [-0.2, 0) is 0 Å². The van der Waals surface area contributed by atoms with Gasteiger partial charge in [-0.15, -0.1) is 11.3 Å². The molecule has 104 valence electrons. The summed E-state index contributed by atoms with van der Waals surface area (Å²) in [7, 11) is 0. The molecule has 0 bridgehead atoms. The molecule has 4 heteroatoms. The minimum Gasteiger partial charge on any atom is -0.395 e. The summed E-state index contributed by atoms with van der Waals surface area (Å²) in [5.74, 6) is 5.77. The molecule has 1 rings (SSSR count). The zero-order chi connectivity index (χ0) is 14.1. The number of thiophene rings is 1. The number of amides is 1. The zero-order valence-corrected chi connectivity index (χ0v) is 12.3. The van der Waals surface area contributed by atoms with Gasteiger partial charge in [0.2, 0.25) is 0 Å². The minimum atomic E-state index is -0.0215. The van der Waals surface area contributed by atoms with Crippen LogP contribution < -0.4 is 5.32 Å². The van der Waals surface area contributed by atoms with Crippen LogP contribution in [0.1, 0.15) is 54.8 Å². The molecular weight excluding hydrogens is 258 g/mol. The van der Waals surface area contributed by atoms with E-state index in [1.807, 2.05) is 11.4 Å². The van der Waals surface area contributed by atoms with Crippen LogP contribution in [0.2, 0.25) is 0 Å². The Bertz CT molecular complexity index is 456. The van der Waals surface area contributed by atoms with Crippen molar-refractivity contribution in [2.45, 2.75) is 45.6 Å². The van der Waals surface area contributed by atoms with Gasteiger partial charge in [0.1, 0.15) is 0 Å². The highest BCUT2D eigenvalue weighted by Gasteiger charge is 2.12. The molecule has 0 aromatic carbocycles. The van der Waals surface area contributed by atoms with Crippen LogP contribution in [0.4, 0.5) is 0 Å². The fourth-order valence-corrected chi connectivity index (χ4v) is 2.48. The van der Waals surface area contributed by atoms with E-state index in [2.05, 4.69) is 31.0 Å². The van der Waals surface area contributed by atoms with E-state index >= 15 is 0 Å². The highest BCUT2D eigenvalue weighted by molar-refractivity contribution is 7.10. The van der Waals surface area contributed by atoms with Crippen LogP contribution >= 0.6 is 11.3 Å². The molecule has 0 aliphatic rings. The maximum atomic E-state index is 12.0. The molecule has 3 nitrogen and oxygen atoms in total. The molecule has 19 heavy (non-hydrogen) atoms. The number of rotatable bonds is 6. The molecule has 0 aliphatic carbocycles. The van der Waals surface area contributed by atoms with Crippen molar-refractivity contribution in [2.75, 3.05) is 6.61 Å². The van der Waals surface area contributed by atoms with Gasteiger partial charge < -0.3 is 10.4 Å². The van der Waals surface area contributed by atoms with Crippen molar-refractivity contribution in [3.05, 3.63) is 21.9 Å². The topological polar surface area (TPSA) is 49.3 Å². The molecule has 0 aliphatic heterocycles. The molecule has 1 unspecified atom stereocenters. The largest absolute Gasteiger partial charge is 0.395 e. The number of aliphatic hydroxyl groups excluding tert-OH is 1. The van der Waals surface area contributed by atoms with Gasteiger partial charge in [0.05, 0.1) is 17.0 Å². The van der Waals surface area contributed by atoms with Gasteiger partial charge in [-0.05, 0) is 18.9 Å². The van der Waals surface area contributed by atoms with Gasteiger partial charge in [-0.3, -0.25) is 4.79 Å². The Morgan fingerprint density at radius 2 is 2.32 bits per heavy atom. The fourth-order valence-electron chi connectivity index (χ4n) is 1.72. The fraction of sp³-hybridized carbons (Fsp3) is 0.533. The van der Waals surface area contributed by atoms with Gasteiger partial charge in [0.15, 0.2) is 0 Å². The number of hydrogen-bond acceptors (Lipinski definition) is 3. The Kier molecular flexibility index (Phi) is 7.24. The average molecular weight is 279 g/mol. The third kappa shape index (κ3) is 5.46. The first kappa shape index (κ1) is 15.7. The van der Waals surface area contributed by atoms with E-state index < -0.39 is 0 Å². The third-order valence-corrected chi connectivity index (χ3v) is 3.62. The summed E-state index contributed by atoms with van der Waals surface area (Å²) in [6.07, 6.45) is 3.50. The summed E-state index contributed by atoms with van der Waals surface area (Å²) < 4.78 is 0. The van der Waals surface area contributed by atoms with Crippen molar-refractivity contribution in [1.82, 2.24) is 5.32 Å². The predicted molar refractivity (Wildman–Crippen MR) is 79.4 cm³/mol. The summed E-state index contributed by atoms with van der Waals surface area (Å²) in [4.78, 5) is 12.9. The Labute approximate surface area is 119 Å². The van der Waals surface area contributed by atoms with Gasteiger partial charge in [0.25, 0.3) is 5.91 Å². The molecule has 0 saturated carbocycles. The van der Waals surface area contributed by atoms with Gasteiger partial charge in [-0.2, -0.15) is 0 Å². The Balaban J connectivity index is 2.61. The highest BCUT2D eigenvalue weighted by atomic mass is 32.1. The van der Waals surface area contributed by atoms with Crippen molar-refractivity contribution in [3.63, 3.8) is 0 Å². The van der Waals surface area contributed by atoms with Crippen LogP contribution in [0, 0.1) is 11.8 Å². The summed E-state index contributed by atoms with van der Waals surface area (Å²) in [5, 5.41) is 13.5. The second kappa shape index (κ2) is 8.73. The van der Waals surface area contributed by atoms with Crippen molar-refractivity contribution in [1.29, 1.82) is 0 Å². The number of nitrogens with one attached hydrogen (secondary N) is 1. The van der Waals surface area contributed by atoms with Gasteiger partial charge in [-0.25, -0.2) is 0 Å². The lowest BCUT2D eigenvalue weighted by atomic mass is 10.1. The molecule has 0 spiro atoms. The standard InChI is InChI=1S/C15H21NO2S/c1-3-7-13(4-2)16-15(18)12-10-14(19-11-12)8-5-6-9-17/h10-11,13,17H,3-4,6-7,9H2,1-2H3,(H,16,18).